The van der Waals surface area contributed by atoms with Crippen molar-refractivity contribution in [1.29, 1.82) is 0 Å². The number of hydrogen-bond acceptors (Lipinski definition) is 4. The zero-order chi connectivity index (χ0) is 13.1. The molecule has 0 bridgehead atoms. The Bertz CT molecular complexity index is 581. The van der Waals surface area contributed by atoms with Gasteiger partial charge in [-0.3, -0.25) is 4.79 Å². The molecule has 1 aromatic carbocycles. The van der Waals surface area contributed by atoms with Gasteiger partial charge in [0.2, 0.25) is 5.91 Å². The molecule has 0 spiro atoms. The molecule has 0 saturated heterocycles. The Morgan fingerprint density at radius 3 is 2.89 bits per heavy atom. The summed E-state index contributed by atoms with van der Waals surface area (Å²) in [5, 5.41) is 13.8. The molecule has 1 amide bonds. The van der Waals surface area contributed by atoms with E-state index in [-0.39, 0.29) is 12.3 Å². The molecule has 0 aliphatic carbocycles. The minimum Gasteiger partial charge on any atom is -0.325 e. The summed E-state index contributed by atoms with van der Waals surface area (Å²) in [5.41, 5.74) is 1.85. The molecular weight excluding hydrogens is 345 g/mol. The molecule has 0 radical (unpaired) electrons. The fourth-order valence-electron chi connectivity index (χ4n) is 1.50. The van der Waals surface area contributed by atoms with Crippen molar-refractivity contribution in [2.75, 3.05) is 5.32 Å². The number of tetrazole rings is 1. The van der Waals surface area contributed by atoms with Gasteiger partial charge < -0.3 is 5.32 Å². The van der Waals surface area contributed by atoms with E-state index in [1.807, 2.05) is 25.1 Å². The fourth-order valence-corrected chi connectivity index (χ4v) is 2.15. The first kappa shape index (κ1) is 12.9. The van der Waals surface area contributed by atoms with Crippen molar-refractivity contribution in [3.8, 4) is 0 Å². The molecule has 0 aliphatic rings. The van der Waals surface area contributed by atoms with Crippen LogP contribution in [0.4, 0.5) is 5.69 Å². The predicted molar refractivity (Wildman–Crippen MR) is 75.0 cm³/mol. The number of nitrogens with zero attached hydrogens (tertiary/aromatic N) is 4. The zero-order valence-electron chi connectivity index (χ0n) is 10.0. The van der Waals surface area contributed by atoms with Crippen LogP contribution in [-0.2, 0) is 18.3 Å². The first-order chi connectivity index (χ1) is 8.56. The van der Waals surface area contributed by atoms with Crippen molar-refractivity contribution in [3.05, 3.63) is 33.2 Å². The average molecular weight is 357 g/mol. The second kappa shape index (κ2) is 5.42. The summed E-state index contributed by atoms with van der Waals surface area (Å²) in [4.78, 5) is 11.8. The lowest BCUT2D eigenvalue weighted by Crippen LogP contribution is -2.17. The number of aryl methyl sites for hydroxylation is 2. The minimum atomic E-state index is -0.128. The predicted octanol–water partition coefficient (Wildman–Crippen LogP) is 1.30. The molecule has 18 heavy (non-hydrogen) atoms. The van der Waals surface area contributed by atoms with Crippen LogP contribution in [-0.4, -0.2) is 26.1 Å². The van der Waals surface area contributed by atoms with Gasteiger partial charge in [0.25, 0.3) is 0 Å². The van der Waals surface area contributed by atoms with Crippen LogP contribution in [0.3, 0.4) is 0 Å². The number of benzene rings is 1. The molecule has 1 N–H and O–H groups in total. The average Bonchev–Trinajstić information content (AvgIpc) is 2.69. The molecule has 7 heteroatoms. The van der Waals surface area contributed by atoms with Crippen LogP contribution in [0, 0.1) is 10.5 Å². The smallest absolute Gasteiger partial charge is 0.232 e. The van der Waals surface area contributed by atoms with Gasteiger partial charge >= 0.3 is 0 Å². The van der Waals surface area contributed by atoms with Crippen molar-refractivity contribution in [3.63, 3.8) is 0 Å². The molecule has 0 unspecified atom stereocenters. The van der Waals surface area contributed by atoms with E-state index >= 15 is 0 Å². The number of nitrogens with one attached hydrogen (secondary N) is 1. The summed E-state index contributed by atoms with van der Waals surface area (Å²) in [7, 11) is 1.71. The number of carbonyl (C=O) groups is 1. The number of hydrogen-bond donors (Lipinski definition) is 1. The summed E-state index contributed by atoms with van der Waals surface area (Å²) in [5.74, 6) is 0.410. The van der Waals surface area contributed by atoms with Crippen LogP contribution in [0.25, 0.3) is 0 Å². The summed E-state index contributed by atoms with van der Waals surface area (Å²) in [6, 6.07) is 5.86. The van der Waals surface area contributed by atoms with E-state index in [1.165, 1.54) is 4.68 Å². The first-order valence-electron chi connectivity index (χ1n) is 5.33. The summed E-state index contributed by atoms with van der Waals surface area (Å²) >= 11 is 2.24. The molecule has 0 saturated carbocycles. The first-order valence-corrected chi connectivity index (χ1v) is 6.41. The largest absolute Gasteiger partial charge is 0.325 e. The zero-order valence-corrected chi connectivity index (χ0v) is 12.2. The lowest BCUT2D eigenvalue weighted by atomic mass is 10.2. The Balaban J connectivity index is 2.05. The highest BCUT2D eigenvalue weighted by atomic mass is 127. The Morgan fingerprint density at radius 2 is 2.28 bits per heavy atom. The number of rotatable bonds is 3. The Morgan fingerprint density at radius 1 is 1.50 bits per heavy atom. The number of carbonyl (C=O) groups excluding carboxylic acids is 1. The van der Waals surface area contributed by atoms with Crippen LogP contribution in [0.2, 0.25) is 0 Å². The molecule has 6 nitrogen and oxygen atoms in total. The second-order valence-electron chi connectivity index (χ2n) is 3.90. The Hall–Kier alpha value is -1.51. The van der Waals surface area contributed by atoms with Crippen LogP contribution < -0.4 is 5.32 Å². The van der Waals surface area contributed by atoms with E-state index in [9.17, 15) is 4.79 Å². The van der Waals surface area contributed by atoms with Crippen molar-refractivity contribution in [1.82, 2.24) is 20.2 Å². The SMILES string of the molecule is Cc1cc(I)ccc1NC(=O)Cc1nnnn1C. The normalized spacial score (nSPS) is 10.4. The molecule has 1 aromatic heterocycles. The number of amides is 1. The van der Waals surface area contributed by atoms with Gasteiger partial charge in [-0.25, -0.2) is 4.68 Å². The van der Waals surface area contributed by atoms with Crippen molar-refractivity contribution in [2.24, 2.45) is 7.05 Å². The van der Waals surface area contributed by atoms with Crippen LogP contribution >= 0.6 is 22.6 Å². The third-order valence-corrected chi connectivity index (χ3v) is 3.16. The molecule has 0 aliphatic heterocycles. The Kier molecular flexibility index (Phi) is 3.90. The number of halogens is 1. The van der Waals surface area contributed by atoms with Gasteiger partial charge in [-0.2, -0.15) is 0 Å². The monoisotopic (exact) mass is 357 g/mol. The summed E-state index contributed by atoms with van der Waals surface area (Å²) < 4.78 is 2.63. The van der Waals surface area contributed by atoms with E-state index in [0.717, 1.165) is 14.8 Å². The topological polar surface area (TPSA) is 72.7 Å². The van der Waals surface area contributed by atoms with Crippen molar-refractivity contribution >= 4 is 34.2 Å². The molecule has 2 rings (SSSR count). The van der Waals surface area contributed by atoms with Gasteiger partial charge in [-0.1, -0.05) is 0 Å². The van der Waals surface area contributed by atoms with E-state index in [4.69, 9.17) is 0 Å². The standard InChI is InChI=1S/C11H12IN5O/c1-7-5-8(12)3-4-9(7)13-11(18)6-10-14-15-16-17(10)2/h3-5H,6H2,1-2H3,(H,13,18). The maximum absolute atomic E-state index is 11.8. The third-order valence-electron chi connectivity index (χ3n) is 2.49. The van der Waals surface area contributed by atoms with E-state index in [0.29, 0.717) is 5.82 Å². The fraction of sp³-hybridized carbons (Fsp3) is 0.273. The van der Waals surface area contributed by atoms with Gasteiger partial charge in [0.05, 0.1) is 6.42 Å². The highest BCUT2D eigenvalue weighted by molar-refractivity contribution is 14.1. The van der Waals surface area contributed by atoms with Gasteiger partial charge in [-0.15, -0.1) is 5.10 Å². The second-order valence-corrected chi connectivity index (χ2v) is 5.15. The highest BCUT2D eigenvalue weighted by Gasteiger charge is 2.10. The minimum absolute atomic E-state index is 0.128. The third kappa shape index (κ3) is 3.03. The molecule has 0 atom stereocenters. The molecule has 94 valence electrons. The van der Waals surface area contributed by atoms with Gasteiger partial charge in [0.1, 0.15) is 0 Å². The van der Waals surface area contributed by atoms with E-state index in [1.54, 1.807) is 7.05 Å². The van der Waals surface area contributed by atoms with Crippen molar-refractivity contribution < 1.29 is 4.79 Å². The molecule has 2 aromatic rings. The molecule has 0 fully saturated rings. The number of aromatic nitrogens is 4. The van der Waals surface area contributed by atoms with E-state index < -0.39 is 0 Å². The Labute approximate surface area is 118 Å². The lowest BCUT2D eigenvalue weighted by Gasteiger charge is -2.08. The quantitative estimate of drug-likeness (QED) is 0.841. The van der Waals surface area contributed by atoms with Crippen LogP contribution in [0.1, 0.15) is 11.4 Å². The van der Waals surface area contributed by atoms with Crippen LogP contribution in [0.5, 0.6) is 0 Å². The lowest BCUT2D eigenvalue weighted by molar-refractivity contribution is -0.115. The maximum atomic E-state index is 11.8. The van der Waals surface area contributed by atoms with E-state index in [2.05, 4.69) is 43.4 Å². The summed E-state index contributed by atoms with van der Waals surface area (Å²) in [6.07, 6.45) is 0.162. The number of anilines is 1. The van der Waals surface area contributed by atoms with Gasteiger partial charge in [0, 0.05) is 16.3 Å². The van der Waals surface area contributed by atoms with Gasteiger partial charge in [-0.05, 0) is 63.7 Å². The maximum Gasteiger partial charge on any atom is 0.232 e. The van der Waals surface area contributed by atoms with Crippen LogP contribution in [0.15, 0.2) is 18.2 Å². The molecular formula is C11H12IN5O. The van der Waals surface area contributed by atoms with Gasteiger partial charge in [0.15, 0.2) is 5.82 Å². The van der Waals surface area contributed by atoms with Crippen molar-refractivity contribution in [2.45, 2.75) is 13.3 Å². The molecule has 1 heterocycles. The highest BCUT2D eigenvalue weighted by Crippen LogP contribution is 2.17. The summed E-state index contributed by atoms with van der Waals surface area (Å²) in [6.45, 7) is 1.96.